The minimum Gasteiger partial charge on any atom is -0.508 e. The minimum atomic E-state index is -0.341. The Labute approximate surface area is 107 Å². The van der Waals surface area contributed by atoms with Gasteiger partial charge in [-0.15, -0.1) is 0 Å². The van der Waals surface area contributed by atoms with E-state index in [4.69, 9.17) is 4.74 Å². The molecule has 1 heterocycles. The number of phenols is 1. The fourth-order valence-corrected chi connectivity index (χ4v) is 2.10. The van der Waals surface area contributed by atoms with Crippen LogP contribution in [0, 0.1) is 13.8 Å². The summed E-state index contributed by atoms with van der Waals surface area (Å²) in [5.74, 6) is 0.155. The summed E-state index contributed by atoms with van der Waals surface area (Å²) in [5, 5.41) is 12.4. The summed E-state index contributed by atoms with van der Waals surface area (Å²) < 4.78 is 5.44. The third-order valence-electron chi connectivity index (χ3n) is 3.27. The Morgan fingerprint density at radius 3 is 2.78 bits per heavy atom. The molecule has 1 saturated heterocycles. The van der Waals surface area contributed by atoms with Gasteiger partial charge in [-0.3, -0.25) is 4.79 Å². The fraction of sp³-hybridized carbons (Fsp3) is 0.500. The summed E-state index contributed by atoms with van der Waals surface area (Å²) in [5.41, 5.74) is 2.34. The number of carbonyl (C=O) groups is 1. The van der Waals surface area contributed by atoms with Crippen LogP contribution in [0.25, 0.3) is 0 Å². The number of amides is 1. The molecule has 0 spiro atoms. The number of nitrogens with one attached hydrogen (secondary N) is 1. The molecule has 4 nitrogen and oxygen atoms in total. The maximum absolute atomic E-state index is 12.0. The SMILES string of the molecule is Cc1cc(NC(=O)C2CCCCO2)c(C)cc1O. The number of ether oxygens (including phenoxy) is 1. The van der Waals surface area contributed by atoms with Gasteiger partial charge in [0, 0.05) is 12.3 Å². The van der Waals surface area contributed by atoms with Crippen molar-refractivity contribution < 1.29 is 14.6 Å². The Hall–Kier alpha value is -1.55. The number of aryl methyl sites for hydroxylation is 2. The van der Waals surface area contributed by atoms with Crippen LogP contribution in [-0.2, 0) is 9.53 Å². The number of aromatic hydroxyl groups is 1. The molecule has 2 N–H and O–H groups in total. The fourth-order valence-electron chi connectivity index (χ4n) is 2.10. The lowest BCUT2D eigenvalue weighted by Crippen LogP contribution is -2.33. The Morgan fingerprint density at radius 1 is 1.33 bits per heavy atom. The average Bonchev–Trinajstić information content (AvgIpc) is 2.37. The minimum absolute atomic E-state index is 0.0945. The quantitative estimate of drug-likeness (QED) is 0.792. The maximum atomic E-state index is 12.0. The van der Waals surface area contributed by atoms with Gasteiger partial charge in [-0.2, -0.15) is 0 Å². The average molecular weight is 249 g/mol. The Balaban J connectivity index is 2.08. The van der Waals surface area contributed by atoms with Crippen molar-refractivity contribution in [2.24, 2.45) is 0 Å². The van der Waals surface area contributed by atoms with E-state index < -0.39 is 0 Å². The van der Waals surface area contributed by atoms with E-state index in [9.17, 15) is 9.90 Å². The lowest BCUT2D eigenvalue weighted by molar-refractivity contribution is -0.129. The number of anilines is 1. The second kappa shape index (κ2) is 5.40. The van der Waals surface area contributed by atoms with E-state index in [1.807, 2.05) is 13.8 Å². The van der Waals surface area contributed by atoms with Gasteiger partial charge in [0.05, 0.1) is 0 Å². The molecule has 1 fully saturated rings. The zero-order valence-electron chi connectivity index (χ0n) is 10.8. The van der Waals surface area contributed by atoms with Gasteiger partial charge < -0.3 is 15.2 Å². The number of phenolic OH excluding ortho intramolecular Hbond substituents is 1. The molecule has 1 unspecified atom stereocenters. The predicted octanol–water partition coefficient (Wildman–Crippen LogP) is 2.52. The summed E-state index contributed by atoms with van der Waals surface area (Å²) in [6.07, 6.45) is 2.50. The summed E-state index contributed by atoms with van der Waals surface area (Å²) in [7, 11) is 0. The van der Waals surface area contributed by atoms with E-state index in [2.05, 4.69) is 5.32 Å². The van der Waals surface area contributed by atoms with Crippen LogP contribution >= 0.6 is 0 Å². The molecule has 1 atom stereocenters. The molecule has 1 amide bonds. The first-order valence-electron chi connectivity index (χ1n) is 6.30. The number of benzene rings is 1. The van der Waals surface area contributed by atoms with Crippen LogP contribution in [0.3, 0.4) is 0 Å². The number of rotatable bonds is 2. The molecule has 0 radical (unpaired) electrons. The van der Waals surface area contributed by atoms with Crippen molar-refractivity contribution in [3.05, 3.63) is 23.3 Å². The van der Waals surface area contributed by atoms with E-state index in [-0.39, 0.29) is 17.8 Å². The normalized spacial score (nSPS) is 19.6. The van der Waals surface area contributed by atoms with Crippen molar-refractivity contribution in [3.8, 4) is 5.75 Å². The lowest BCUT2D eigenvalue weighted by Gasteiger charge is -2.22. The van der Waals surface area contributed by atoms with Gasteiger partial charge in [0.2, 0.25) is 0 Å². The van der Waals surface area contributed by atoms with Crippen molar-refractivity contribution in [1.82, 2.24) is 0 Å². The van der Waals surface area contributed by atoms with Crippen LogP contribution in [0.1, 0.15) is 30.4 Å². The topological polar surface area (TPSA) is 58.6 Å². The van der Waals surface area contributed by atoms with Crippen LogP contribution in [-0.4, -0.2) is 23.7 Å². The molecule has 1 aromatic carbocycles. The van der Waals surface area contributed by atoms with Crippen LogP contribution < -0.4 is 5.32 Å². The van der Waals surface area contributed by atoms with Crippen LogP contribution in [0.5, 0.6) is 5.75 Å². The van der Waals surface area contributed by atoms with E-state index in [1.54, 1.807) is 12.1 Å². The molecule has 0 saturated carbocycles. The van der Waals surface area contributed by atoms with Gasteiger partial charge in [0.15, 0.2) is 0 Å². The van der Waals surface area contributed by atoms with Gasteiger partial charge in [0.25, 0.3) is 5.91 Å². The first kappa shape index (κ1) is 12.9. The van der Waals surface area contributed by atoms with Crippen molar-refractivity contribution in [3.63, 3.8) is 0 Å². The first-order valence-corrected chi connectivity index (χ1v) is 6.30. The Morgan fingerprint density at radius 2 is 2.11 bits per heavy atom. The zero-order chi connectivity index (χ0) is 13.1. The van der Waals surface area contributed by atoms with Crippen molar-refractivity contribution in [2.45, 2.75) is 39.2 Å². The first-order chi connectivity index (χ1) is 8.58. The van der Waals surface area contributed by atoms with Crippen molar-refractivity contribution in [1.29, 1.82) is 0 Å². The highest BCUT2D eigenvalue weighted by atomic mass is 16.5. The number of hydrogen-bond donors (Lipinski definition) is 2. The molecule has 4 heteroatoms. The third kappa shape index (κ3) is 2.82. The van der Waals surface area contributed by atoms with Crippen LogP contribution in [0.15, 0.2) is 12.1 Å². The van der Waals surface area contributed by atoms with Crippen molar-refractivity contribution in [2.75, 3.05) is 11.9 Å². The second-order valence-electron chi connectivity index (χ2n) is 4.80. The highest BCUT2D eigenvalue weighted by Crippen LogP contribution is 2.25. The second-order valence-corrected chi connectivity index (χ2v) is 4.80. The summed E-state index contributed by atoms with van der Waals surface area (Å²) in [6.45, 7) is 4.32. The summed E-state index contributed by atoms with van der Waals surface area (Å²) >= 11 is 0. The molecule has 0 aromatic heterocycles. The van der Waals surface area contributed by atoms with Crippen molar-refractivity contribution >= 4 is 11.6 Å². The van der Waals surface area contributed by atoms with E-state index in [1.165, 1.54) is 0 Å². The standard InChI is InChI=1S/C14H19NO3/c1-9-8-12(16)10(2)7-11(9)15-14(17)13-5-3-4-6-18-13/h7-8,13,16H,3-6H2,1-2H3,(H,15,17). The van der Waals surface area contributed by atoms with Crippen LogP contribution in [0.2, 0.25) is 0 Å². The molecule has 2 rings (SSSR count). The Bertz CT molecular complexity index is 451. The number of hydrogen-bond acceptors (Lipinski definition) is 3. The van der Waals surface area contributed by atoms with Gasteiger partial charge in [-0.1, -0.05) is 0 Å². The molecule has 1 aliphatic rings. The number of carbonyl (C=O) groups excluding carboxylic acids is 1. The molecule has 1 aliphatic heterocycles. The largest absolute Gasteiger partial charge is 0.508 e. The Kier molecular flexibility index (Phi) is 3.87. The molecular weight excluding hydrogens is 230 g/mol. The molecule has 18 heavy (non-hydrogen) atoms. The van der Waals surface area contributed by atoms with E-state index in [0.717, 1.165) is 36.1 Å². The highest BCUT2D eigenvalue weighted by molar-refractivity contribution is 5.95. The summed E-state index contributed by atoms with van der Waals surface area (Å²) in [4.78, 5) is 12.0. The third-order valence-corrected chi connectivity index (χ3v) is 3.27. The predicted molar refractivity (Wildman–Crippen MR) is 69.8 cm³/mol. The van der Waals surface area contributed by atoms with E-state index >= 15 is 0 Å². The molecule has 1 aromatic rings. The molecule has 0 bridgehead atoms. The van der Waals surface area contributed by atoms with Gasteiger partial charge in [0.1, 0.15) is 11.9 Å². The molecular formula is C14H19NO3. The van der Waals surface area contributed by atoms with Gasteiger partial charge in [-0.05, 0) is 56.4 Å². The smallest absolute Gasteiger partial charge is 0.253 e. The van der Waals surface area contributed by atoms with Crippen LogP contribution in [0.4, 0.5) is 5.69 Å². The van der Waals surface area contributed by atoms with E-state index in [0.29, 0.717) is 6.61 Å². The summed E-state index contributed by atoms with van der Waals surface area (Å²) in [6, 6.07) is 3.44. The molecule has 0 aliphatic carbocycles. The van der Waals surface area contributed by atoms with Gasteiger partial charge >= 0.3 is 0 Å². The van der Waals surface area contributed by atoms with Gasteiger partial charge in [-0.25, -0.2) is 0 Å². The lowest BCUT2D eigenvalue weighted by atomic mass is 10.1. The highest BCUT2D eigenvalue weighted by Gasteiger charge is 2.22. The monoisotopic (exact) mass is 249 g/mol. The maximum Gasteiger partial charge on any atom is 0.253 e. The molecule has 98 valence electrons. The zero-order valence-corrected chi connectivity index (χ0v) is 10.8.